The maximum absolute atomic E-state index is 16.3. The van der Waals surface area contributed by atoms with E-state index in [0.717, 1.165) is 23.4 Å². The highest BCUT2D eigenvalue weighted by Crippen LogP contribution is 2.34. The van der Waals surface area contributed by atoms with Gasteiger partial charge in [-0.3, -0.25) is 4.79 Å². The van der Waals surface area contributed by atoms with Crippen molar-refractivity contribution in [3.05, 3.63) is 83.2 Å². The minimum atomic E-state index is -0.663. The van der Waals surface area contributed by atoms with Crippen molar-refractivity contribution in [3.63, 3.8) is 0 Å². The van der Waals surface area contributed by atoms with Gasteiger partial charge in [0.1, 0.15) is 29.4 Å². The highest BCUT2D eigenvalue weighted by molar-refractivity contribution is 5.74. The van der Waals surface area contributed by atoms with Gasteiger partial charge in [0.2, 0.25) is 0 Å². The van der Waals surface area contributed by atoms with Crippen molar-refractivity contribution in [1.82, 2.24) is 5.32 Å². The number of nitrogens with zero attached hydrogens (tertiary/aromatic N) is 1. The molecule has 0 aromatic heterocycles. The molecule has 1 saturated carbocycles. The molecule has 7 nitrogen and oxygen atoms in total. The summed E-state index contributed by atoms with van der Waals surface area (Å²) < 4.78 is 33.5. The molecule has 0 unspecified atom stereocenters. The molecule has 1 fully saturated rings. The molecule has 8 heteroatoms. The first-order chi connectivity index (χ1) is 22.1. The lowest BCUT2D eigenvalue weighted by Crippen LogP contribution is -2.34. The SMILES string of the molecule is C[C@@H](NC(=O)OC(C)(C)C)c1cccc(-c2cc(COc3ccccc3CC(=O)OC(C)(C)C)cc(N(C)CC3CCCC3)c2)c1F. The molecule has 1 aliphatic rings. The number of ether oxygens (including phenoxy) is 3. The van der Waals surface area contributed by atoms with E-state index in [1.54, 1.807) is 45.9 Å². The van der Waals surface area contributed by atoms with E-state index < -0.39 is 29.2 Å². The molecule has 3 aromatic rings. The Bertz CT molecular complexity index is 1540. The molecule has 0 radical (unpaired) electrons. The molecule has 1 atom stereocenters. The van der Waals surface area contributed by atoms with E-state index in [-0.39, 0.29) is 19.0 Å². The Morgan fingerprint density at radius 1 is 0.936 bits per heavy atom. The number of anilines is 1. The number of rotatable bonds is 11. The maximum atomic E-state index is 16.3. The van der Waals surface area contributed by atoms with Crippen molar-refractivity contribution < 1.29 is 28.2 Å². The summed E-state index contributed by atoms with van der Waals surface area (Å²) in [5.74, 6) is 0.501. The van der Waals surface area contributed by atoms with Crippen LogP contribution in [0.2, 0.25) is 0 Å². The topological polar surface area (TPSA) is 77.1 Å². The second-order valence-corrected chi connectivity index (χ2v) is 14.7. The number of benzene rings is 3. The van der Waals surface area contributed by atoms with Crippen molar-refractivity contribution in [2.75, 3.05) is 18.5 Å². The van der Waals surface area contributed by atoms with Gasteiger partial charge in [-0.2, -0.15) is 0 Å². The van der Waals surface area contributed by atoms with E-state index in [4.69, 9.17) is 14.2 Å². The first kappa shape index (κ1) is 35.8. The van der Waals surface area contributed by atoms with E-state index in [9.17, 15) is 9.59 Å². The number of para-hydroxylation sites is 1. The molecule has 1 amide bonds. The third kappa shape index (κ3) is 10.7. The smallest absolute Gasteiger partial charge is 0.408 e. The number of halogens is 1. The molecule has 0 saturated heterocycles. The largest absolute Gasteiger partial charge is 0.489 e. The second-order valence-electron chi connectivity index (χ2n) is 14.7. The minimum Gasteiger partial charge on any atom is -0.489 e. The molecule has 0 aliphatic heterocycles. The van der Waals surface area contributed by atoms with Crippen LogP contribution in [-0.4, -0.2) is 36.9 Å². The fraction of sp³-hybridized carbons (Fsp3) is 0.487. The van der Waals surface area contributed by atoms with Gasteiger partial charge in [0.05, 0.1) is 12.5 Å². The standard InChI is InChI=1S/C39H51FN2O5/c1-26(41-37(44)47-39(5,6)7)32-17-13-18-33(36(32)40)30-20-28(21-31(22-30)42(8)24-27-14-9-10-15-27)25-45-34-19-12-11-16-29(34)23-35(43)46-38(2,3)4/h11-13,16-22,26-27H,9-10,14-15,23-25H2,1-8H3,(H,41,44)/t26-/m1/s1. The Morgan fingerprint density at radius 2 is 1.62 bits per heavy atom. The Morgan fingerprint density at radius 3 is 2.30 bits per heavy atom. The van der Waals surface area contributed by atoms with Crippen molar-refractivity contribution in [2.24, 2.45) is 5.92 Å². The van der Waals surface area contributed by atoms with Crippen molar-refractivity contribution >= 4 is 17.7 Å². The van der Waals surface area contributed by atoms with E-state index in [2.05, 4.69) is 23.3 Å². The third-order valence-corrected chi connectivity index (χ3v) is 8.09. The van der Waals surface area contributed by atoms with Gasteiger partial charge < -0.3 is 24.4 Å². The molecule has 0 bridgehead atoms. The van der Waals surface area contributed by atoms with Crippen LogP contribution in [0.3, 0.4) is 0 Å². The van der Waals surface area contributed by atoms with Crippen molar-refractivity contribution in [1.29, 1.82) is 0 Å². The van der Waals surface area contributed by atoms with E-state index in [0.29, 0.717) is 28.4 Å². The van der Waals surface area contributed by atoms with Crippen LogP contribution in [0.5, 0.6) is 5.75 Å². The number of nitrogens with one attached hydrogen (secondary N) is 1. The van der Waals surface area contributed by atoms with Gasteiger partial charge in [0, 0.05) is 36.0 Å². The summed E-state index contributed by atoms with van der Waals surface area (Å²) in [5.41, 5.74) is 2.85. The maximum Gasteiger partial charge on any atom is 0.408 e. The van der Waals surface area contributed by atoms with Gasteiger partial charge >= 0.3 is 12.1 Å². The normalized spacial score (nSPS) is 14.4. The zero-order valence-electron chi connectivity index (χ0n) is 29.2. The predicted octanol–water partition coefficient (Wildman–Crippen LogP) is 9.17. The quantitative estimate of drug-likeness (QED) is 0.209. The third-order valence-electron chi connectivity index (χ3n) is 8.09. The molecule has 0 spiro atoms. The number of hydrogen-bond acceptors (Lipinski definition) is 6. The van der Waals surface area contributed by atoms with E-state index >= 15 is 4.39 Å². The number of carbonyl (C=O) groups is 2. The summed E-state index contributed by atoms with van der Waals surface area (Å²) in [4.78, 5) is 27.3. The second kappa shape index (κ2) is 15.2. The summed E-state index contributed by atoms with van der Waals surface area (Å²) in [7, 11) is 2.08. The van der Waals surface area contributed by atoms with Crippen LogP contribution in [0.25, 0.3) is 11.1 Å². The van der Waals surface area contributed by atoms with Gasteiger partial charge in [-0.25, -0.2) is 9.18 Å². The monoisotopic (exact) mass is 646 g/mol. The molecule has 0 heterocycles. The first-order valence-electron chi connectivity index (χ1n) is 16.6. The minimum absolute atomic E-state index is 0.0936. The molecule has 1 N–H and O–H groups in total. The lowest BCUT2D eigenvalue weighted by atomic mass is 9.96. The van der Waals surface area contributed by atoms with E-state index in [1.165, 1.54) is 25.7 Å². The lowest BCUT2D eigenvalue weighted by Gasteiger charge is -2.25. The van der Waals surface area contributed by atoms with Gasteiger partial charge in [-0.15, -0.1) is 0 Å². The van der Waals surface area contributed by atoms with Gasteiger partial charge in [0.25, 0.3) is 0 Å². The first-order valence-corrected chi connectivity index (χ1v) is 16.6. The average molecular weight is 647 g/mol. The van der Waals surface area contributed by atoms with Crippen molar-refractivity contribution in [2.45, 2.75) is 104 Å². The molecular weight excluding hydrogens is 595 g/mol. The Hall–Kier alpha value is -4.07. The summed E-state index contributed by atoms with van der Waals surface area (Å²) in [6, 6.07) is 18.1. The highest BCUT2D eigenvalue weighted by Gasteiger charge is 2.23. The van der Waals surface area contributed by atoms with Crippen LogP contribution < -0.4 is 15.0 Å². The fourth-order valence-corrected chi connectivity index (χ4v) is 5.97. The molecular formula is C39H51FN2O5. The Balaban J connectivity index is 1.63. The summed E-state index contributed by atoms with van der Waals surface area (Å²) in [6.45, 7) is 13.8. The highest BCUT2D eigenvalue weighted by atomic mass is 19.1. The predicted molar refractivity (Wildman–Crippen MR) is 185 cm³/mol. The number of carbonyl (C=O) groups excluding carboxylic acids is 2. The molecule has 47 heavy (non-hydrogen) atoms. The average Bonchev–Trinajstić information content (AvgIpc) is 3.47. The van der Waals surface area contributed by atoms with Crippen LogP contribution in [0.1, 0.15) is 96.9 Å². The number of amides is 1. The number of alkyl carbamates (subject to hydrolysis) is 1. The van der Waals surface area contributed by atoms with Gasteiger partial charge in [-0.1, -0.05) is 49.2 Å². The number of esters is 1. The number of hydrogen-bond donors (Lipinski definition) is 1. The van der Waals surface area contributed by atoms with Crippen LogP contribution in [0.15, 0.2) is 60.7 Å². The van der Waals surface area contributed by atoms with Crippen molar-refractivity contribution in [3.8, 4) is 16.9 Å². The van der Waals surface area contributed by atoms with Crippen LogP contribution in [0, 0.1) is 11.7 Å². The fourth-order valence-electron chi connectivity index (χ4n) is 5.97. The van der Waals surface area contributed by atoms with Crippen LogP contribution in [0.4, 0.5) is 14.9 Å². The summed E-state index contributed by atoms with van der Waals surface area (Å²) in [6.07, 6.45) is 4.44. The molecule has 254 valence electrons. The van der Waals surface area contributed by atoms with E-state index in [1.807, 2.05) is 57.2 Å². The summed E-state index contributed by atoms with van der Waals surface area (Å²) >= 11 is 0. The van der Waals surface area contributed by atoms with Gasteiger partial charge in [0.15, 0.2) is 0 Å². The summed E-state index contributed by atoms with van der Waals surface area (Å²) in [5, 5.41) is 2.76. The Labute approximate surface area is 279 Å². The zero-order valence-corrected chi connectivity index (χ0v) is 29.2. The van der Waals surface area contributed by atoms with Gasteiger partial charge in [-0.05, 0) is 103 Å². The molecule has 1 aliphatic carbocycles. The van der Waals surface area contributed by atoms with Crippen LogP contribution in [-0.2, 0) is 27.3 Å². The lowest BCUT2D eigenvalue weighted by molar-refractivity contribution is -0.153. The molecule has 4 rings (SSSR count). The zero-order chi connectivity index (χ0) is 34.4. The van der Waals surface area contributed by atoms with Crippen LogP contribution >= 0.6 is 0 Å². The Kier molecular flexibility index (Phi) is 11.6. The molecule has 3 aromatic carbocycles.